The van der Waals surface area contributed by atoms with Crippen LogP contribution in [-0.4, -0.2) is 49.0 Å². The number of hydrogen-bond acceptors (Lipinski definition) is 4. The third-order valence-electron chi connectivity index (χ3n) is 4.02. The van der Waals surface area contributed by atoms with Crippen LogP contribution in [0.4, 0.5) is 15.8 Å². The maximum Gasteiger partial charge on any atom is 0.274 e. The van der Waals surface area contributed by atoms with Crippen LogP contribution in [0.2, 0.25) is 5.02 Å². The Labute approximate surface area is 145 Å². The van der Waals surface area contributed by atoms with Gasteiger partial charge in [0.15, 0.2) is 0 Å². The van der Waals surface area contributed by atoms with Crippen LogP contribution in [0.25, 0.3) is 0 Å². The van der Waals surface area contributed by atoms with Gasteiger partial charge in [0.25, 0.3) is 5.91 Å². The first-order valence-corrected chi connectivity index (χ1v) is 8.06. The number of benzene rings is 1. The number of amides is 1. The molecule has 0 spiro atoms. The van der Waals surface area contributed by atoms with Crippen LogP contribution in [0, 0.1) is 5.82 Å². The molecule has 1 aromatic heterocycles. The third kappa shape index (κ3) is 3.83. The molecule has 1 aromatic carbocycles. The van der Waals surface area contributed by atoms with Gasteiger partial charge in [-0.3, -0.25) is 9.78 Å². The number of rotatable bonds is 3. The SMILES string of the molecule is CN1CCN(c2ccnc(C(=O)Nc3ccc(F)c(Cl)c3)c2)CC1. The molecule has 126 valence electrons. The molecule has 5 nitrogen and oxygen atoms in total. The molecule has 0 atom stereocenters. The van der Waals surface area contributed by atoms with Crippen LogP contribution < -0.4 is 10.2 Å². The first-order chi connectivity index (χ1) is 11.5. The minimum Gasteiger partial charge on any atom is -0.369 e. The van der Waals surface area contributed by atoms with E-state index >= 15 is 0 Å². The van der Waals surface area contributed by atoms with Crippen molar-refractivity contribution in [3.8, 4) is 0 Å². The Balaban J connectivity index is 1.73. The van der Waals surface area contributed by atoms with Crippen LogP contribution in [0.3, 0.4) is 0 Å². The maximum absolute atomic E-state index is 13.2. The van der Waals surface area contributed by atoms with Crippen molar-refractivity contribution in [1.29, 1.82) is 0 Å². The van der Waals surface area contributed by atoms with Crippen molar-refractivity contribution in [2.75, 3.05) is 43.4 Å². The lowest BCUT2D eigenvalue weighted by Crippen LogP contribution is -2.44. The van der Waals surface area contributed by atoms with Crippen LogP contribution in [0.15, 0.2) is 36.5 Å². The molecule has 7 heteroatoms. The molecular weight excluding hydrogens is 331 g/mol. The topological polar surface area (TPSA) is 48.5 Å². The summed E-state index contributed by atoms with van der Waals surface area (Å²) in [5.74, 6) is -0.876. The highest BCUT2D eigenvalue weighted by Gasteiger charge is 2.16. The van der Waals surface area contributed by atoms with Crippen molar-refractivity contribution < 1.29 is 9.18 Å². The highest BCUT2D eigenvalue weighted by atomic mass is 35.5. The van der Waals surface area contributed by atoms with Gasteiger partial charge in [-0.2, -0.15) is 0 Å². The Morgan fingerprint density at radius 2 is 1.96 bits per heavy atom. The van der Waals surface area contributed by atoms with Gasteiger partial charge in [0.2, 0.25) is 0 Å². The van der Waals surface area contributed by atoms with E-state index in [2.05, 4.69) is 27.1 Å². The van der Waals surface area contributed by atoms with Gasteiger partial charge in [0.05, 0.1) is 5.02 Å². The summed E-state index contributed by atoms with van der Waals surface area (Å²) in [5, 5.41) is 2.65. The Hall–Kier alpha value is -2.18. The predicted octanol–water partition coefficient (Wildman–Crippen LogP) is 2.88. The third-order valence-corrected chi connectivity index (χ3v) is 4.31. The van der Waals surface area contributed by atoms with Crippen molar-refractivity contribution in [2.45, 2.75) is 0 Å². The van der Waals surface area contributed by atoms with Gasteiger partial charge in [-0.05, 0) is 37.4 Å². The van der Waals surface area contributed by atoms with Gasteiger partial charge in [0, 0.05) is 43.8 Å². The fraction of sp³-hybridized carbons (Fsp3) is 0.294. The molecule has 3 rings (SSSR count). The van der Waals surface area contributed by atoms with E-state index in [9.17, 15) is 9.18 Å². The Bertz CT molecular complexity index is 747. The summed E-state index contributed by atoms with van der Waals surface area (Å²) in [5.41, 5.74) is 1.71. The standard InChI is InChI=1S/C17H18ClFN4O/c1-22-6-8-23(9-7-22)13-4-5-20-16(11-13)17(24)21-12-2-3-15(19)14(18)10-12/h2-5,10-11H,6-9H2,1H3,(H,21,24). The number of aromatic nitrogens is 1. The second kappa shape index (κ2) is 7.15. The number of nitrogens with one attached hydrogen (secondary N) is 1. The van der Waals surface area contributed by atoms with Gasteiger partial charge < -0.3 is 15.1 Å². The van der Waals surface area contributed by atoms with Crippen molar-refractivity contribution in [1.82, 2.24) is 9.88 Å². The molecule has 1 amide bonds. The molecule has 0 unspecified atom stereocenters. The largest absolute Gasteiger partial charge is 0.369 e. The van der Waals surface area contributed by atoms with Gasteiger partial charge in [-0.25, -0.2) is 4.39 Å². The van der Waals surface area contributed by atoms with Gasteiger partial charge in [0.1, 0.15) is 11.5 Å². The molecule has 1 N–H and O–H groups in total. The zero-order valence-electron chi connectivity index (χ0n) is 13.3. The van der Waals surface area contributed by atoms with E-state index in [1.807, 2.05) is 6.07 Å². The maximum atomic E-state index is 13.2. The second-order valence-corrected chi connectivity index (χ2v) is 6.18. The minimum atomic E-state index is -0.523. The fourth-order valence-electron chi connectivity index (χ4n) is 2.57. The average Bonchev–Trinajstić information content (AvgIpc) is 2.59. The molecule has 0 aliphatic carbocycles. The number of likely N-dealkylation sites (N-methyl/N-ethyl adjacent to an activating group) is 1. The first kappa shape index (κ1) is 16.7. The quantitative estimate of drug-likeness (QED) is 0.926. The van der Waals surface area contributed by atoms with Crippen LogP contribution in [0.1, 0.15) is 10.5 Å². The highest BCUT2D eigenvalue weighted by Crippen LogP contribution is 2.21. The normalized spacial score (nSPS) is 15.4. The number of anilines is 2. The highest BCUT2D eigenvalue weighted by molar-refractivity contribution is 6.31. The number of nitrogens with zero attached hydrogens (tertiary/aromatic N) is 3. The minimum absolute atomic E-state index is 0.0352. The van der Waals surface area contributed by atoms with Crippen LogP contribution in [-0.2, 0) is 0 Å². The summed E-state index contributed by atoms with van der Waals surface area (Å²) < 4.78 is 13.2. The molecule has 0 radical (unpaired) electrons. The lowest BCUT2D eigenvalue weighted by molar-refractivity contribution is 0.102. The molecule has 1 aliphatic rings. The van der Waals surface area contributed by atoms with Crippen molar-refractivity contribution in [3.63, 3.8) is 0 Å². The summed E-state index contributed by atoms with van der Waals surface area (Å²) in [6.45, 7) is 3.79. The van der Waals surface area contributed by atoms with Crippen LogP contribution in [0.5, 0.6) is 0 Å². The number of halogens is 2. The predicted molar refractivity (Wildman–Crippen MR) is 93.3 cm³/mol. The second-order valence-electron chi connectivity index (χ2n) is 5.77. The van der Waals surface area contributed by atoms with E-state index in [4.69, 9.17) is 11.6 Å². The Morgan fingerprint density at radius 3 is 2.67 bits per heavy atom. The van der Waals surface area contributed by atoms with Crippen molar-refractivity contribution >= 4 is 28.9 Å². The molecule has 1 aliphatic heterocycles. The molecule has 2 aromatic rings. The van der Waals surface area contributed by atoms with Crippen LogP contribution >= 0.6 is 11.6 Å². The Kier molecular flexibility index (Phi) is 4.97. The summed E-state index contributed by atoms with van der Waals surface area (Å²) in [4.78, 5) is 21.0. The fourth-order valence-corrected chi connectivity index (χ4v) is 2.75. The lowest BCUT2D eigenvalue weighted by Gasteiger charge is -2.34. The molecule has 24 heavy (non-hydrogen) atoms. The zero-order valence-corrected chi connectivity index (χ0v) is 14.1. The molecule has 0 saturated carbocycles. The monoisotopic (exact) mass is 348 g/mol. The first-order valence-electron chi connectivity index (χ1n) is 7.69. The number of carbonyl (C=O) groups excluding carboxylic acids is 1. The summed E-state index contributed by atoms with van der Waals surface area (Å²) >= 11 is 5.73. The summed E-state index contributed by atoms with van der Waals surface area (Å²) in [6, 6.07) is 7.72. The number of hydrogen-bond donors (Lipinski definition) is 1. The van der Waals surface area contributed by atoms with Crippen molar-refractivity contribution in [2.24, 2.45) is 0 Å². The molecule has 1 fully saturated rings. The number of pyridine rings is 1. The number of carbonyl (C=O) groups is 1. The van der Waals surface area contributed by atoms with E-state index in [-0.39, 0.29) is 10.9 Å². The van der Waals surface area contributed by atoms with Gasteiger partial charge in [-0.1, -0.05) is 11.6 Å². The zero-order chi connectivity index (χ0) is 17.1. The smallest absolute Gasteiger partial charge is 0.274 e. The van der Waals surface area contributed by atoms with E-state index in [0.717, 1.165) is 31.9 Å². The van der Waals surface area contributed by atoms with Gasteiger partial charge >= 0.3 is 0 Å². The Morgan fingerprint density at radius 1 is 1.21 bits per heavy atom. The molecule has 2 heterocycles. The van der Waals surface area contributed by atoms with Crippen molar-refractivity contribution in [3.05, 3.63) is 53.1 Å². The van der Waals surface area contributed by atoms with E-state index in [0.29, 0.717) is 11.4 Å². The number of piperazine rings is 1. The molecule has 0 bridgehead atoms. The van der Waals surface area contributed by atoms with E-state index < -0.39 is 5.82 Å². The van der Waals surface area contributed by atoms with E-state index in [1.54, 1.807) is 12.3 Å². The van der Waals surface area contributed by atoms with Gasteiger partial charge in [-0.15, -0.1) is 0 Å². The van der Waals surface area contributed by atoms with E-state index in [1.165, 1.54) is 18.2 Å². The summed E-state index contributed by atoms with van der Waals surface area (Å²) in [6.07, 6.45) is 1.63. The summed E-state index contributed by atoms with van der Waals surface area (Å²) in [7, 11) is 2.09. The average molecular weight is 349 g/mol. The molecular formula is C17H18ClFN4O. The lowest BCUT2D eigenvalue weighted by atomic mass is 10.2. The molecule has 1 saturated heterocycles.